The standard InChI is InChI=1S/C11H15F2NO/c1-8(3-4-15-2)14-11-6-9(12)5-10(13)7-11/h5-8,14H,3-4H2,1-2H3. The van der Waals surface area contributed by atoms with E-state index in [0.717, 1.165) is 12.5 Å². The van der Waals surface area contributed by atoms with Gasteiger partial charge in [-0.25, -0.2) is 8.78 Å². The number of rotatable bonds is 5. The van der Waals surface area contributed by atoms with Crippen molar-refractivity contribution in [3.05, 3.63) is 29.8 Å². The molecule has 0 radical (unpaired) electrons. The van der Waals surface area contributed by atoms with Crippen molar-refractivity contribution in [2.24, 2.45) is 0 Å². The Labute approximate surface area is 88.3 Å². The summed E-state index contributed by atoms with van der Waals surface area (Å²) in [5.41, 5.74) is 0.455. The number of methoxy groups -OCH3 is 1. The first-order chi connectivity index (χ1) is 7.11. The first-order valence-electron chi connectivity index (χ1n) is 4.83. The van der Waals surface area contributed by atoms with Gasteiger partial charge in [0.1, 0.15) is 11.6 Å². The highest BCUT2D eigenvalue weighted by Crippen LogP contribution is 2.14. The van der Waals surface area contributed by atoms with Gasteiger partial charge >= 0.3 is 0 Å². The lowest BCUT2D eigenvalue weighted by Crippen LogP contribution is -2.17. The van der Waals surface area contributed by atoms with Gasteiger partial charge in [-0.3, -0.25) is 0 Å². The molecule has 1 rings (SSSR count). The highest BCUT2D eigenvalue weighted by atomic mass is 19.1. The van der Waals surface area contributed by atoms with Crippen LogP contribution in [0, 0.1) is 11.6 Å². The van der Waals surface area contributed by atoms with Gasteiger partial charge in [-0.05, 0) is 25.5 Å². The molecule has 2 nitrogen and oxygen atoms in total. The monoisotopic (exact) mass is 215 g/mol. The molecule has 1 atom stereocenters. The van der Waals surface area contributed by atoms with Gasteiger partial charge in [-0.2, -0.15) is 0 Å². The lowest BCUT2D eigenvalue weighted by molar-refractivity contribution is 0.191. The molecule has 0 spiro atoms. The minimum absolute atomic E-state index is 0.117. The summed E-state index contributed by atoms with van der Waals surface area (Å²) in [6.07, 6.45) is 0.786. The second kappa shape index (κ2) is 5.66. The Morgan fingerprint density at radius 3 is 2.40 bits per heavy atom. The maximum atomic E-state index is 12.8. The minimum Gasteiger partial charge on any atom is -0.385 e. The predicted octanol–water partition coefficient (Wildman–Crippen LogP) is 2.80. The van der Waals surface area contributed by atoms with Gasteiger partial charge in [0.15, 0.2) is 0 Å². The molecule has 1 aromatic rings. The summed E-state index contributed by atoms with van der Waals surface area (Å²) >= 11 is 0. The molecule has 1 unspecified atom stereocenters. The van der Waals surface area contributed by atoms with Crippen molar-refractivity contribution in [2.75, 3.05) is 19.0 Å². The zero-order chi connectivity index (χ0) is 11.3. The highest BCUT2D eigenvalue weighted by Gasteiger charge is 2.04. The molecule has 0 saturated heterocycles. The van der Waals surface area contributed by atoms with Gasteiger partial charge in [0.2, 0.25) is 0 Å². The fourth-order valence-corrected chi connectivity index (χ4v) is 1.29. The van der Waals surface area contributed by atoms with E-state index in [4.69, 9.17) is 4.74 Å². The third-order valence-corrected chi connectivity index (χ3v) is 2.03. The summed E-state index contributed by atoms with van der Waals surface area (Å²) in [6.45, 7) is 2.55. The summed E-state index contributed by atoms with van der Waals surface area (Å²) in [4.78, 5) is 0. The van der Waals surface area contributed by atoms with E-state index in [-0.39, 0.29) is 6.04 Å². The Kier molecular flexibility index (Phi) is 4.49. The highest BCUT2D eigenvalue weighted by molar-refractivity contribution is 5.44. The van der Waals surface area contributed by atoms with Crippen LogP contribution in [-0.2, 0) is 4.74 Å². The molecule has 0 aromatic heterocycles. The van der Waals surface area contributed by atoms with E-state index in [0.29, 0.717) is 12.3 Å². The molecule has 4 heteroatoms. The molecular weight excluding hydrogens is 200 g/mol. The summed E-state index contributed by atoms with van der Waals surface area (Å²) in [6, 6.07) is 3.51. The molecule has 0 saturated carbocycles. The summed E-state index contributed by atoms with van der Waals surface area (Å²) in [7, 11) is 1.62. The number of benzene rings is 1. The van der Waals surface area contributed by atoms with E-state index < -0.39 is 11.6 Å². The Morgan fingerprint density at radius 2 is 1.87 bits per heavy atom. The fraction of sp³-hybridized carbons (Fsp3) is 0.455. The molecule has 0 fully saturated rings. The Balaban J connectivity index is 2.56. The molecule has 0 bridgehead atoms. The molecule has 1 N–H and O–H groups in total. The average Bonchev–Trinajstić information content (AvgIpc) is 2.13. The normalized spacial score (nSPS) is 12.5. The van der Waals surface area contributed by atoms with E-state index >= 15 is 0 Å². The van der Waals surface area contributed by atoms with E-state index in [2.05, 4.69) is 5.32 Å². The van der Waals surface area contributed by atoms with Gasteiger partial charge in [0.05, 0.1) is 0 Å². The zero-order valence-corrected chi connectivity index (χ0v) is 8.89. The van der Waals surface area contributed by atoms with E-state index in [1.807, 2.05) is 6.92 Å². The third kappa shape index (κ3) is 4.25. The molecule has 0 aliphatic carbocycles. The van der Waals surface area contributed by atoms with Crippen LogP contribution in [0.2, 0.25) is 0 Å². The molecule has 0 amide bonds. The quantitative estimate of drug-likeness (QED) is 0.815. The van der Waals surface area contributed by atoms with Crippen molar-refractivity contribution in [1.29, 1.82) is 0 Å². The SMILES string of the molecule is COCCC(C)Nc1cc(F)cc(F)c1. The summed E-state index contributed by atoms with van der Waals surface area (Å²) in [5, 5.41) is 3.00. The van der Waals surface area contributed by atoms with E-state index in [9.17, 15) is 8.78 Å². The molecule has 84 valence electrons. The smallest absolute Gasteiger partial charge is 0.128 e. The lowest BCUT2D eigenvalue weighted by atomic mass is 10.2. The number of ether oxygens (including phenoxy) is 1. The second-order valence-electron chi connectivity index (χ2n) is 3.48. The Bertz CT molecular complexity index is 297. The Hall–Kier alpha value is -1.16. The fourth-order valence-electron chi connectivity index (χ4n) is 1.29. The van der Waals surface area contributed by atoms with Crippen LogP contribution in [0.15, 0.2) is 18.2 Å². The van der Waals surface area contributed by atoms with Crippen LogP contribution in [0.5, 0.6) is 0 Å². The number of hydrogen-bond donors (Lipinski definition) is 1. The van der Waals surface area contributed by atoms with E-state index in [1.54, 1.807) is 7.11 Å². The third-order valence-electron chi connectivity index (χ3n) is 2.03. The number of anilines is 1. The van der Waals surface area contributed by atoms with Crippen molar-refractivity contribution in [1.82, 2.24) is 0 Å². The van der Waals surface area contributed by atoms with Gasteiger partial charge < -0.3 is 10.1 Å². The maximum absolute atomic E-state index is 12.8. The first kappa shape index (κ1) is 11.9. The predicted molar refractivity (Wildman–Crippen MR) is 55.9 cm³/mol. The van der Waals surface area contributed by atoms with E-state index in [1.165, 1.54) is 12.1 Å². The molecular formula is C11H15F2NO. The second-order valence-corrected chi connectivity index (χ2v) is 3.48. The van der Waals surface area contributed by atoms with Crippen molar-refractivity contribution in [2.45, 2.75) is 19.4 Å². The van der Waals surface area contributed by atoms with Crippen LogP contribution in [0.3, 0.4) is 0 Å². The largest absolute Gasteiger partial charge is 0.385 e. The average molecular weight is 215 g/mol. The van der Waals surface area contributed by atoms with Gasteiger partial charge in [0.25, 0.3) is 0 Å². The van der Waals surface area contributed by atoms with Gasteiger partial charge in [0, 0.05) is 31.5 Å². The topological polar surface area (TPSA) is 21.3 Å². The van der Waals surface area contributed by atoms with Crippen molar-refractivity contribution < 1.29 is 13.5 Å². The lowest BCUT2D eigenvalue weighted by Gasteiger charge is -2.14. The zero-order valence-electron chi connectivity index (χ0n) is 8.89. The van der Waals surface area contributed by atoms with Crippen LogP contribution in [-0.4, -0.2) is 19.8 Å². The Morgan fingerprint density at radius 1 is 1.27 bits per heavy atom. The number of hydrogen-bond acceptors (Lipinski definition) is 2. The van der Waals surface area contributed by atoms with Crippen LogP contribution >= 0.6 is 0 Å². The summed E-state index contributed by atoms with van der Waals surface area (Å²) in [5.74, 6) is -1.15. The minimum atomic E-state index is -0.573. The first-order valence-corrected chi connectivity index (χ1v) is 4.83. The van der Waals surface area contributed by atoms with Crippen molar-refractivity contribution in [3.63, 3.8) is 0 Å². The van der Waals surface area contributed by atoms with Crippen LogP contribution in [0.25, 0.3) is 0 Å². The molecule has 0 heterocycles. The van der Waals surface area contributed by atoms with Gasteiger partial charge in [-0.1, -0.05) is 0 Å². The molecule has 0 aliphatic heterocycles. The molecule has 15 heavy (non-hydrogen) atoms. The van der Waals surface area contributed by atoms with Crippen LogP contribution in [0.4, 0.5) is 14.5 Å². The number of halogens is 2. The van der Waals surface area contributed by atoms with Crippen LogP contribution in [0.1, 0.15) is 13.3 Å². The summed E-state index contributed by atoms with van der Waals surface area (Å²) < 4.78 is 30.6. The molecule has 1 aromatic carbocycles. The maximum Gasteiger partial charge on any atom is 0.128 e. The molecule has 0 aliphatic rings. The number of nitrogens with one attached hydrogen (secondary N) is 1. The van der Waals surface area contributed by atoms with Gasteiger partial charge in [-0.15, -0.1) is 0 Å². The van der Waals surface area contributed by atoms with Crippen molar-refractivity contribution >= 4 is 5.69 Å². The van der Waals surface area contributed by atoms with Crippen molar-refractivity contribution in [3.8, 4) is 0 Å². The van der Waals surface area contributed by atoms with Crippen LogP contribution < -0.4 is 5.32 Å².